The van der Waals surface area contributed by atoms with Crippen LogP contribution in [-0.4, -0.2) is 20.2 Å². The van der Waals surface area contributed by atoms with Crippen LogP contribution in [-0.2, 0) is 4.74 Å². The molecule has 0 radical (unpaired) electrons. The Kier molecular flexibility index (Phi) is 2.48. The Labute approximate surface area is 93.1 Å². The summed E-state index contributed by atoms with van der Waals surface area (Å²) in [5.41, 5.74) is 13.9. The summed E-state index contributed by atoms with van der Waals surface area (Å²) in [6.45, 7) is 3.84. The average molecular weight is 225 g/mol. The van der Waals surface area contributed by atoms with Crippen LogP contribution in [0.15, 0.2) is 6.08 Å². The highest BCUT2D eigenvalue weighted by atomic mass is 32.1. The van der Waals surface area contributed by atoms with Gasteiger partial charge in [0, 0.05) is 13.1 Å². The van der Waals surface area contributed by atoms with Gasteiger partial charge in [0.05, 0.1) is 18.4 Å². The third-order valence-corrected chi connectivity index (χ3v) is 3.44. The molecule has 1 aromatic heterocycles. The van der Waals surface area contributed by atoms with Crippen LogP contribution >= 0.6 is 11.3 Å². The molecule has 0 saturated carbocycles. The second-order valence-corrected chi connectivity index (χ2v) is 4.45. The molecule has 4 N–H and O–H groups in total. The quantitative estimate of drug-likeness (QED) is 0.804. The van der Waals surface area contributed by atoms with Gasteiger partial charge in [0.1, 0.15) is 15.8 Å². The van der Waals surface area contributed by atoms with E-state index in [0.717, 1.165) is 40.1 Å². The molecule has 5 heteroatoms. The van der Waals surface area contributed by atoms with E-state index < -0.39 is 0 Å². The third-order valence-electron chi connectivity index (χ3n) is 2.60. The van der Waals surface area contributed by atoms with Crippen molar-refractivity contribution in [2.75, 3.05) is 36.6 Å². The minimum atomic E-state index is 0.730. The molecule has 1 aliphatic rings. The van der Waals surface area contributed by atoms with Gasteiger partial charge in [0.25, 0.3) is 0 Å². The second-order valence-electron chi connectivity index (χ2n) is 3.37. The Morgan fingerprint density at radius 2 is 2.20 bits per heavy atom. The topological polar surface area (TPSA) is 64.5 Å². The summed E-state index contributed by atoms with van der Waals surface area (Å²) >= 11 is 1.42. The molecule has 1 aliphatic heterocycles. The van der Waals surface area contributed by atoms with Gasteiger partial charge in [-0.2, -0.15) is 0 Å². The summed E-state index contributed by atoms with van der Waals surface area (Å²) < 4.78 is 5.31. The van der Waals surface area contributed by atoms with E-state index in [4.69, 9.17) is 16.2 Å². The standard InChI is InChI=1S/C10H15N3OS/c1-3-13-5-4-6(14-2)7-8(13)10(12)15-9(7)11/h4H,3,5,11-12H2,1-2H3. The van der Waals surface area contributed by atoms with Gasteiger partial charge in [0.15, 0.2) is 0 Å². The van der Waals surface area contributed by atoms with Gasteiger partial charge in [-0.05, 0) is 13.0 Å². The van der Waals surface area contributed by atoms with Gasteiger partial charge < -0.3 is 21.1 Å². The van der Waals surface area contributed by atoms with E-state index in [1.54, 1.807) is 7.11 Å². The van der Waals surface area contributed by atoms with Gasteiger partial charge in [-0.15, -0.1) is 0 Å². The Morgan fingerprint density at radius 3 is 2.80 bits per heavy atom. The summed E-state index contributed by atoms with van der Waals surface area (Å²) in [5, 5.41) is 1.50. The summed E-state index contributed by atoms with van der Waals surface area (Å²) in [6, 6.07) is 0. The fraction of sp³-hybridized carbons (Fsp3) is 0.400. The van der Waals surface area contributed by atoms with Crippen molar-refractivity contribution in [3.8, 4) is 0 Å². The number of likely N-dealkylation sites (N-methyl/N-ethyl adjacent to an activating group) is 1. The molecule has 2 rings (SSSR count). The molecule has 0 unspecified atom stereocenters. The number of fused-ring (bicyclic) bond motifs is 1. The predicted molar refractivity (Wildman–Crippen MR) is 66.0 cm³/mol. The van der Waals surface area contributed by atoms with E-state index in [1.807, 2.05) is 6.08 Å². The zero-order chi connectivity index (χ0) is 11.0. The van der Waals surface area contributed by atoms with E-state index in [-0.39, 0.29) is 0 Å². The molecule has 15 heavy (non-hydrogen) atoms. The Hall–Kier alpha value is -1.36. The molecule has 0 bridgehead atoms. The second kappa shape index (κ2) is 3.66. The lowest BCUT2D eigenvalue weighted by Gasteiger charge is -2.27. The molecule has 2 heterocycles. The zero-order valence-electron chi connectivity index (χ0n) is 8.91. The van der Waals surface area contributed by atoms with Crippen LogP contribution in [0, 0.1) is 0 Å². The number of methoxy groups -OCH3 is 1. The molecular formula is C10H15N3OS. The lowest BCUT2D eigenvalue weighted by molar-refractivity contribution is 0.368. The van der Waals surface area contributed by atoms with Gasteiger partial charge in [-0.3, -0.25) is 0 Å². The van der Waals surface area contributed by atoms with Crippen LogP contribution in [0.5, 0.6) is 0 Å². The highest BCUT2D eigenvalue weighted by Crippen LogP contribution is 2.46. The average Bonchev–Trinajstić information content (AvgIpc) is 2.54. The Balaban J connectivity index is 2.58. The van der Waals surface area contributed by atoms with Crippen molar-refractivity contribution in [2.45, 2.75) is 6.92 Å². The molecule has 82 valence electrons. The largest absolute Gasteiger partial charge is 0.496 e. The molecule has 0 spiro atoms. The van der Waals surface area contributed by atoms with E-state index in [0.29, 0.717) is 0 Å². The molecule has 0 fully saturated rings. The fourth-order valence-corrected chi connectivity index (χ4v) is 2.73. The number of thiophene rings is 1. The maximum Gasteiger partial charge on any atom is 0.129 e. The van der Waals surface area contributed by atoms with Gasteiger partial charge in [-0.25, -0.2) is 0 Å². The maximum absolute atomic E-state index is 5.96. The van der Waals surface area contributed by atoms with Crippen LogP contribution in [0.25, 0.3) is 5.76 Å². The molecule has 0 aliphatic carbocycles. The number of nitrogen functional groups attached to an aromatic ring is 2. The number of hydrogen-bond donors (Lipinski definition) is 2. The number of anilines is 3. The monoisotopic (exact) mass is 225 g/mol. The van der Waals surface area contributed by atoms with Crippen molar-refractivity contribution in [2.24, 2.45) is 0 Å². The van der Waals surface area contributed by atoms with Crippen molar-refractivity contribution in [1.29, 1.82) is 0 Å². The fourth-order valence-electron chi connectivity index (χ4n) is 1.87. The van der Waals surface area contributed by atoms with Crippen LogP contribution in [0.4, 0.5) is 15.7 Å². The van der Waals surface area contributed by atoms with Gasteiger partial charge in [-0.1, -0.05) is 11.3 Å². The molecule has 0 saturated heterocycles. The summed E-state index contributed by atoms with van der Waals surface area (Å²) in [5.74, 6) is 0.833. The van der Waals surface area contributed by atoms with E-state index in [9.17, 15) is 0 Å². The lowest BCUT2D eigenvalue weighted by Crippen LogP contribution is -2.27. The molecule has 4 nitrogen and oxygen atoms in total. The predicted octanol–water partition coefficient (Wildman–Crippen LogP) is 1.74. The summed E-state index contributed by atoms with van der Waals surface area (Å²) in [6.07, 6.45) is 2.04. The van der Waals surface area contributed by atoms with Crippen LogP contribution in [0.2, 0.25) is 0 Å². The van der Waals surface area contributed by atoms with E-state index >= 15 is 0 Å². The van der Waals surface area contributed by atoms with Crippen molar-refractivity contribution >= 4 is 32.8 Å². The minimum absolute atomic E-state index is 0.730. The van der Waals surface area contributed by atoms with Crippen molar-refractivity contribution in [3.63, 3.8) is 0 Å². The first-order valence-corrected chi connectivity index (χ1v) is 5.67. The summed E-state index contributed by atoms with van der Waals surface area (Å²) in [7, 11) is 1.66. The highest BCUT2D eigenvalue weighted by molar-refractivity contribution is 7.20. The van der Waals surface area contributed by atoms with Gasteiger partial charge >= 0.3 is 0 Å². The van der Waals surface area contributed by atoms with E-state index in [1.165, 1.54) is 11.3 Å². The minimum Gasteiger partial charge on any atom is -0.496 e. The number of hydrogen-bond acceptors (Lipinski definition) is 5. The molecule has 0 amide bonds. The van der Waals surface area contributed by atoms with E-state index in [2.05, 4.69) is 11.8 Å². The third kappa shape index (κ3) is 1.43. The van der Waals surface area contributed by atoms with Crippen LogP contribution in [0.3, 0.4) is 0 Å². The first kappa shape index (κ1) is 10.2. The number of nitrogens with zero attached hydrogens (tertiary/aromatic N) is 1. The Morgan fingerprint density at radius 1 is 1.47 bits per heavy atom. The SMILES string of the molecule is CCN1CC=C(OC)c2c(N)sc(N)c21. The molecule has 0 aromatic carbocycles. The molecule has 0 atom stereocenters. The van der Waals surface area contributed by atoms with Gasteiger partial charge in [0.2, 0.25) is 0 Å². The van der Waals surface area contributed by atoms with Crippen LogP contribution < -0.4 is 16.4 Å². The Bertz CT molecular complexity index is 411. The molecular weight excluding hydrogens is 210 g/mol. The first-order chi connectivity index (χ1) is 7.19. The number of nitrogens with two attached hydrogens (primary N) is 2. The summed E-state index contributed by atoms with van der Waals surface area (Å²) in [4.78, 5) is 2.19. The van der Waals surface area contributed by atoms with Crippen molar-refractivity contribution in [3.05, 3.63) is 11.6 Å². The number of rotatable bonds is 2. The first-order valence-electron chi connectivity index (χ1n) is 4.86. The maximum atomic E-state index is 5.96. The van der Waals surface area contributed by atoms with Crippen molar-refractivity contribution in [1.82, 2.24) is 0 Å². The number of ether oxygens (including phenoxy) is 1. The van der Waals surface area contributed by atoms with Crippen LogP contribution in [0.1, 0.15) is 12.5 Å². The smallest absolute Gasteiger partial charge is 0.129 e. The lowest BCUT2D eigenvalue weighted by atomic mass is 10.1. The normalized spacial score (nSPS) is 14.8. The molecule has 1 aromatic rings. The highest BCUT2D eigenvalue weighted by Gasteiger charge is 2.25. The van der Waals surface area contributed by atoms with Crippen molar-refractivity contribution < 1.29 is 4.74 Å². The zero-order valence-corrected chi connectivity index (χ0v) is 9.73.